The number of carbonyl (C=O) groups excluding carboxylic acids is 1. The number of hydrogen-bond acceptors (Lipinski definition) is 5. The second kappa shape index (κ2) is 12.3. The van der Waals surface area contributed by atoms with Crippen LogP contribution in [0, 0.1) is 5.82 Å². The first-order valence-corrected chi connectivity index (χ1v) is 12.8. The molecular formula is C30H30FN7O2. The molecule has 1 fully saturated rings. The number of ether oxygens (including phenoxy) is 1. The van der Waals surface area contributed by atoms with E-state index in [1.165, 1.54) is 12.1 Å². The van der Waals surface area contributed by atoms with Crippen LogP contribution in [0.5, 0.6) is 0 Å². The molecule has 0 bridgehead atoms. The smallest absolute Gasteiger partial charge is 0.326 e. The average Bonchev–Trinajstić information content (AvgIpc) is 3.45. The summed E-state index contributed by atoms with van der Waals surface area (Å²) in [5, 5.41) is 7.50. The third kappa shape index (κ3) is 6.36. The highest BCUT2D eigenvalue weighted by Crippen LogP contribution is 2.21. The van der Waals surface area contributed by atoms with Gasteiger partial charge in [0.05, 0.1) is 43.0 Å². The van der Waals surface area contributed by atoms with Gasteiger partial charge in [-0.15, -0.1) is 0 Å². The Morgan fingerprint density at radius 1 is 1.07 bits per heavy atom. The molecule has 0 radical (unpaired) electrons. The number of nitrogens with two attached hydrogens (primary N) is 1. The number of hydrogen-bond donors (Lipinski definition) is 2. The van der Waals surface area contributed by atoms with Gasteiger partial charge in [0.15, 0.2) is 5.84 Å². The van der Waals surface area contributed by atoms with Gasteiger partial charge in [-0.2, -0.15) is 5.10 Å². The normalized spacial score (nSPS) is 13.6. The third-order valence-electron chi connectivity index (χ3n) is 6.52. The summed E-state index contributed by atoms with van der Waals surface area (Å²) in [5.74, 6) is -0.0162. The van der Waals surface area contributed by atoms with Crippen molar-refractivity contribution in [3.63, 3.8) is 0 Å². The highest BCUT2D eigenvalue weighted by atomic mass is 19.1. The number of pyridine rings is 1. The van der Waals surface area contributed by atoms with Gasteiger partial charge in [-0.25, -0.2) is 13.9 Å². The fourth-order valence-electron chi connectivity index (χ4n) is 4.34. The van der Waals surface area contributed by atoms with Gasteiger partial charge in [0.2, 0.25) is 0 Å². The van der Waals surface area contributed by atoms with Crippen molar-refractivity contribution >= 4 is 28.9 Å². The molecule has 3 heterocycles. The molecule has 1 aliphatic heterocycles. The fourth-order valence-corrected chi connectivity index (χ4v) is 4.34. The van der Waals surface area contributed by atoms with Gasteiger partial charge in [-0.05, 0) is 66.2 Å². The summed E-state index contributed by atoms with van der Waals surface area (Å²) in [6, 6.07) is 20.2. The van der Waals surface area contributed by atoms with Crippen LogP contribution in [-0.4, -0.2) is 52.7 Å². The second-order valence-corrected chi connectivity index (χ2v) is 9.20. The number of urea groups is 1. The fraction of sp³-hybridized carbons (Fsp3) is 0.167. The molecule has 2 aromatic carbocycles. The van der Waals surface area contributed by atoms with Crippen LogP contribution in [0.25, 0.3) is 5.70 Å². The van der Waals surface area contributed by atoms with E-state index in [1.807, 2.05) is 18.3 Å². The van der Waals surface area contributed by atoms with Crippen LogP contribution in [0.1, 0.15) is 16.8 Å². The highest BCUT2D eigenvalue weighted by molar-refractivity contribution is 6.02. The first-order chi connectivity index (χ1) is 19.5. The lowest BCUT2D eigenvalue weighted by atomic mass is 10.2. The molecular weight excluding hydrogens is 509 g/mol. The van der Waals surface area contributed by atoms with Gasteiger partial charge >= 0.3 is 6.03 Å². The minimum atomic E-state index is -0.356. The van der Waals surface area contributed by atoms with E-state index < -0.39 is 0 Å². The summed E-state index contributed by atoms with van der Waals surface area (Å²) < 4.78 is 20.5. The predicted molar refractivity (Wildman–Crippen MR) is 154 cm³/mol. The van der Waals surface area contributed by atoms with Crippen molar-refractivity contribution in [2.75, 3.05) is 36.5 Å². The first kappa shape index (κ1) is 26.6. The molecule has 204 valence electrons. The van der Waals surface area contributed by atoms with E-state index in [9.17, 15) is 9.18 Å². The van der Waals surface area contributed by atoms with E-state index in [2.05, 4.69) is 26.9 Å². The number of carbonyl (C=O) groups is 1. The van der Waals surface area contributed by atoms with E-state index in [-0.39, 0.29) is 18.4 Å². The molecule has 1 saturated heterocycles. The van der Waals surface area contributed by atoms with Crippen molar-refractivity contribution in [3.8, 4) is 0 Å². The number of halogens is 1. The number of amidine groups is 1. The molecule has 2 amide bonds. The van der Waals surface area contributed by atoms with Crippen LogP contribution >= 0.6 is 0 Å². The number of morpholine rings is 1. The number of benzene rings is 2. The topological polar surface area (TPSA) is 101 Å². The number of anilines is 2. The molecule has 3 N–H and O–H groups in total. The van der Waals surface area contributed by atoms with Crippen molar-refractivity contribution in [1.29, 1.82) is 0 Å². The third-order valence-corrected chi connectivity index (χ3v) is 6.52. The Balaban J connectivity index is 1.29. The summed E-state index contributed by atoms with van der Waals surface area (Å²) in [4.78, 5) is 21.1. The summed E-state index contributed by atoms with van der Waals surface area (Å²) in [6.07, 6.45) is 5.07. The van der Waals surface area contributed by atoms with E-state index in [1.54, 1.807) is 70.5 Å². The Hall–Kier alpha value is -4.96. The molecule has 2 aromatic heterocycles. The molecule has 0 saturated carbocycles. The number of aromatic nitrogens is 2. The molecule has 9 nitrogen and oxygen atoms in total. The number of rotatable bonds is 8. The predicted octanol–water partition coefficient (Wildman–Crippen LogP) is 4.73. The van der Waals surface area contributed by atoms with Crippen molar-refractivity contribution < 1.29 is 13.9 Å². The van der Waals surface area contributed by atoms with E-state index in [4.69, 9.17) is 10.5 Å². The summed E-state index contributed by atoms with van der Waals surface area (Å²) in [7, 11) is 0. The molecule has 1 aliphatic rings. The molecule has 5 rings (SSSR count). The lowest BCUT2D eigenvalue weighted by molar-refractivity contribution is 0.0638. The Morgan fingerprint density at radius 3 is 2.52 bits per heavy atom. The minimum Gasteiger partial charge on any atom is -0.382 e. The Kier molecular flexibility index (Phi) is 8.17. The van der Waals surface area contributed by atoms with Crippen molar-refractivity contribution in [2.24, 2.45) is 10.8 Å². The quantitative estimate of drug-likeness (QED) is 0.249. The zero-order valence-corrected chi connectivity index (χ0v) is 21.9. The summed E-state index contributed by atoms with van der Waals surface area (Å²) >= 11 is 0. The lowest BCUT2D eigenvalue weighted by Crippen LogP contribution is -2.35. The SMILES string of the molecule is C=C(c1cccn1/N=C(\N)c1ccc(NC(=O)N(Cc2ccc(F)cc2)c2cccnc2)cc1)N1CCOCC1. The zero-order valence-electron chi connectivity index (χ0n) is 21.9. The lowest BCUT2D eigenvalue weighted by Gasteiger charge is -2.30. The average molecular weight is 540 g/mol. The van der Waals surface area contributed by atoms with E-state index >= 15 is 0 Å². The van der Waals surface area contributed by atoms with Gasteiger partial charge in [0.25, 0.3) is 0 Å². The number of nitrogens with zero attached hydrogens (tertiary/aromatic N) is 5. The maximum Gasteiger partial charge on any atom is 0.326 e. The maximum absolute atomic E-state index is 13.4. The van der Waals surface area contributed by atoms with Crippen LogP contribution < -0.4 is 16.0 Å². The van der Waals surface area contributed by atoms with Crippen molar-refractivity contribution in [2.45, 2.75) is 6.54 Å². The molecule has 40 heavy (non-hydrogen) atoms. The van der Waals surface area contributed by atoms with Crippen LogP contribution in [0.4, 0.5) is 20.6 Å². The summed E-state index contributed by atoms with van der Waals surface area (Å²) in [5.41, 5.74) is 10.7. The van der Waals surface area contributed by atoms with Crippen LogP contribution in [0.15, 0.2) is 103 Å². The zero-order chi connectivity index (χ0) is 27.9. The molecule has 0 spiro atoms. The van der Waals surface area contributed by atoms with E-state index in [0.29, 0.717) is 36.0 Å². The summed E-state index contributed by atoms with van der Waals surface area (Å²) in [6.45, 7) is 7.37. The van der Waals surface area contributed by atoms with E-state index in [0.717, 1.165) is 30.0 Å². The largest absolute Gasteiger partial charge is 0.382 e. The highest BCUT2D eigenvalue weighted by Gasteiger charge is 2.18. The van der Waals surface area contributed by atoms with Crippen molar-refractivity contribution in [1.82, 2.24) is 14.6 Å². The monoisotopic (exact) mass is 539 g/mol. The Bertz CT molecular complexity index is 1480. The van der Waals surface area contributed by atoms with Crippen LogP contribution in [0.2, 0.25) is 0 Å². The standard InChI is InChI=1S/C30H30FN7O2/c1-22(36-16-18-40-19-17-36)28-5-3-15-38(28)35-29(32)24-8-12-26(13-9-24)34-30(39)37(27-4-2-14-33-20-27)21-23-6-10-25(31)11-7-23/h2-15,20H,1,16-19,21H2,(H2,32,35)(H,34,39). The van der Waals surface area contributed by atoms with Gasteiger partial charge in [-0.1, -0.05) is 18.7 Å². The minimum absolute atomic E-state index is 0.241. The van der Waals surface area contributed by atoms with Gasteiger partial charge in [0.1, 0.15) is 5.82 Å². The molecule has 4 aromatic rings. The van der Waals surface area contributed by atoms with Crippen LogP contribution in [-0.2, 0) is 11.3 Å². The Morgan fingerprint density at radius 2 is 1.82 bits per heavy atom. The van der Waals surface area contributed by atoms with Gasteiger partial charge < -0.3 is 20.7 Å². The first-order valence-electron chi connectivity index (χ1n) is 12.8. The van der Waals surface area contributed by atoms with Gasteiger partial charge in [0, 0.05) is 36.7 Å². The second-order valence-electron chi connectivity index (χ2n) is 9.20. The number of nitrogens with one attached hydrogen (secondary N) is 1. The molecule has 0 atom stereocenters. The van der Waals surface area contributed by atoms with Crippen LogP contribution in [0.3, 0.4) is 0 Å². The maximum atomic E-state index is 13.4. The number of amides is 2. The molecule has 0 aliphatic carbocycles. The molecule has 0 unspecified atom stereocenters. The van der Waals surface area contributed by atoms with Crippen molar-refractivity contribution in [3.05, 3.63) is 121 Å². The van der Waals surface area contributed by atoms with Gasteiger partial charge in [-0.3, -0.25) is 9.88 Å². The molecule has 10 heteroatoms. The Labute approximate surface area is 232 Å².